The van der Waals surface area contributed by atoms with E-state index >= 15 is 0 Å². The van der Waals surface area contributed by atoms with E-state index in [0.717, 1.165) is 5.84 Å². The van der Waals surface area contributed by atoms with Crippen LogP contribution in [0.4, 0.5) is 0 Å². The molecule has 0 radical (unpaired) electrons. The van der Waals surface area contributed by atoms with E-state index in [4.69, 9.17) is 5.73 Å². The zero-order chi connectivity index (χ0) is 11.2. The van der Waals surface area contributed by atoms with Crippen LogP contribution in [0, 0.1) is 11.3 Å². The Morgan fingerprint density at radius 1 is 1.44 bits per heavy atom. The molecule has 4 heteroatoms. The van der Waals surface area contributed by atoms with Gasteiger partial charge in [0.1, 0.15) is 5.84 Å². The summed E-state index contributed by atoms with van der Waals surface area (Å²) >= 11 is 5.61. The smallest absolute Gasteiger partial charge is 0.101 e. The summed E-state index contributed by atoms with van der Waals surface area (Å²) in [5.41, 5.74) is 6.36. The van der Waals surface area contributed by atoms with Crippen molar-refractivity contribution in [3.63, 3.8) is 0 Å². The minimum atomic E-state index is 0.152. The maximum absolute atomic E-state index is 6.21. The fourth-order valence-electron chi connectivity index (χ4n) is 3.03. The highest BCUT2D eigenvalue weighted by Crippen LogP contribution is 2.50. The molecular weight excluding hydrogens is 284 g/mol. The number of thioether (sulfide) groups is 1. The lowest BCUT2D eigenvalue weighted by atomic mass is 9.68. The van der Waals surface area contributed by atoms with Gasteiger partial charge in [0.25, 0.3) is 0 Å². The third-order valence-corrected chi connectivity index (χ3v) is 5.49. The highest BCUT2D eigenvalue weighted by molar-refractivity contribution is 9.11. The Bertz CT molecular complexity index is 394. The van der Waals surface area contributed by atoms with Gasteiger partial charge in [0, 0.05) is 15.8 Å². The number of aliphatic imine (C=N–C) groups is 1. The van der Waals surface area contributed by atoms with E-state index < -0.39 is 0 Å². The standard InChI is InChI=1S/C12H15BrN2S/c13-8-1-2-10-9(7-8)12(11(14)15-10)3-5-16-6-4-12/h1-2,7,9-10H,3-6H2,(H2,14,15). The fraction of sp³-hybridized carbons (Fsp3) is 0.583. The topological polar surface area (TPSA) is 38.4 Å². The minimum absolute atomic E-state index is 0.152. The van der Waals surface area contributed by atoms with E-state index in [1.807, 2.05) is 11.8 Å². The summed E-state index contributed by atoms with van der Waals surface area (Å²) in [5.74, 6) is 3.81. The van der Waals surface area contributed by atoms with Gasteiger partial charge in [0.2, 0.25) is 0 Å². The summed E-state index contributed by atoms with van der Waals surface area (Å²) in [7, 11) is 0. The Balaban J connectivity index is 1.99. The second-order valence-electron chi connectivity index (χ2n) is 4.71. The fourth-order valence-corrected chi connectivity index (χ4v) is 4.69. The molecule has 86 valence electrons. The minimum Gasteiger partial charge on any atom is -0.387 e. The lowest BCUT2D eigenvalue weighted by molar-refractivity contribution is 0.288. The molecular formula is C12H15BrN2S. The van der Waals surface area contributed by atoms with Crippen LogP contribution in [-0.2, 0) is 0 Å². The summed E-state index contributed by atoms with van der Waals surface area (Å²) in [4.78, 5) is 4.65. The average molecular weight is 299 g/mol. The maximum atomic E-state index is 6.21. The van der Waals surface area contributed by atoms with E-state index in [-0.39, 0.29) is 11.5 Å². The van der Waals surface area contributed by atoms with Crippen molar-refractivity contribution in [2.75, 3.05) is 11.5 Å². The second kappa shape index (κ2) is 3.91. The van der Waals surface area contributed by atoms with Gasteiger partial charge in [0.15, 0.2) is 0 Å². The molecule has 0 aromatic rings. The van der Waals surface area contributed by atoms with Crippen LogP contribution in [-0.4, -0.2) is 23.4 Å². The van der Waals surface area contributed by atoms with Gasteiger partial charge in [-0.1, -0.05) is 34.2 Å². The predicted molar refractivity (Wildman–Crippen MR) is 74.0 cm³/mol. The second-order valence-corrected chi connectivity index (χ2v) is 6.85. The molecule has 2 nitrogen and oxygen atoms in total. The monoisotopic (exact) mass is 298 g/mol. The largest absolute Gasteiger partial charge is 0.387 e. The van der Waals surface area contributed by atoms with Crippen molar-refractivity contribution in [1.29, 1.82) is 0 Å². The number of allylic oxidation sites excluding steroid dienone is 2. The van der Waals surface area contributed by atoms with Crippen LogP contribution >= 0.6 is 27.7 Å². The molecule has 2 N–H and O–H groups in total. The average Bonchev–Trinajstić information content (AvgIpc) is 2.55. The van der Waals surface area contributed by atoms with Gasteiger partial charge in [-0.2, -0.15) is 11.8 Å². The normalized spacial score (nSPS) is 35.8. The van der Waals surface area contributed by atoms with Crippen molar-refractivity contribution >= 4 is 33.5 Å². The first kappa shape index (κ1) is 10.9. The van der Waals surface area contributed by atoms with Crippen molar-refractivity contribution in [2.45, 2.75) is 18.9 Å². The maximum Gasteiger partial charge on any atom is 0.101 e. The van der Waals surface area contributed by atoms with Crippen LogP contribution < -0.4 is 5.73 Å². The predicted octanol–water partition coefficient (Wildman–Crippen LogP) is 2.70. The van der Waals surface area contributed by atoms with E-state index in [1.54, 1.807) is 0 Å². The highest BCUT2D eigenvalue weighted by Gasteiger charge is 2.50. The third kappa shape index (κ3) is 1.50. The molecule has 2 atom stereocenters. The number of nitrogens with zero attached hydrogens (tertiary/aromatic N) is 1. The Hall–Kier alpha value is -0.220. The molecule has 0 aromatic carbocycles. The summed E-state index contributed by atoms with van der Waals surface area (Å²) in [6.07, 6.45) is 8.94. The molecule has 0 aromatic heterocycles. The highest BCUT2D eigenvalue weighted by atomic mass is 79.9. The van der Waals surface area contributed by atoms with E-state index in [0.29, 0.717) is 5.92 Å². The van der Waals surface area contributed by atoms with Crippen molar-refractivity contribution in [2.24, 2.45) is 22.1 Å². The van der Waals surface area contributed by atoms with Crippen LogP contribution in [0.1, 0.15) is 12.8 Å². The SMILES string of the molecule is NC1=NC2C=CC(Br)=CC2C12CCSCC2. The molecule has 0 saturated carbocycles. The number of rotatable bonds is 0. The van der Waals surface area contributed by atoms with E-state index in [1.165, 1.54) is 28.8 Å². The van der Waals surface area contributed by atoms with Crippen LogP contribution in [0.3, 0.4) is 0 Å². The van der Waals surface area contributed by atoms with Crippen LogP contribution in [0.25, 0.3) is 0 Å². The van der Waals surface area contributed by atoms with Crippen molar-refractivity contribution in [3.8, 4) is 0 Å². The summed E-state index contributed by atoms with van der Waals surface area (Å²) < 4.78 is 1.18. The van der Waals surface area contributed by atoms with Crippen LogP contribution in [0.5, 0.6) is 0 Å². The number of fused-ring (bicyclic) bond motifs is 2. The molecule has 0 amide bonds. The number of amidine groups is 1. The molecule has 1 fully saturated rings. The lowest BCUT2D eigenvalue weighted by Crippen LogP contribution is -2.43. The quantitative estimate of drug-likeness (QED) is 0.747. The molecule has 1 aliphatic carbocycles. The number of hydrogen-bond acceptors (Lipinski definition) is 3. The Morgan fingerprint density at radius 2 is 2.19 bits per heavy atom. The lowest BCUT2D eigenvalue weighted by Gasteiger charge is -2.39. The van der Waals surface area contributed by atoms with Gasteiger partial charge in [-0.15, -0.1) is 0 Å². The molecule has 16 heavy (non-hydrogen) atoms. The van der Waals surface area contributed by atoms with E-state index in [2.05, 4.69) is 39.2 Å². The summed E-state index contributed by atoms with van der Waals surface area (Å²) in [5, 5.41) is 0. The van der Waals surface area contributed by atoms with Crippen LogP contribution in [0.15, 0.2) is 27.7 Å². The van der Waals surface area contributed by atoms with Gasteiger partial charge in [-0.25, -0.2) is 0 Å². The molecule has 1 saturated heterocycles. The molecule has 3 rings (SSSR count). The van der Waals surface area contributed by atoms with Crippen molar-refractivity contribution < 1.29 is 0 Å². The Morgan fingerprint density at radius 3 is 2.94 bits per heavy atom. The molecule has 2 unspecified atom stereocenters. The molecule has 3 aliphatic rings. The van der Waals surface area contributed by atoms with Gasteiger partial charge >= 0.3 is 0 Å². The van der Waals surface area contributed by atoms with Gasteiger partial charge in [-0.3, -0.25) is 4.99 Å². The number of hydrogen-bond donors (Lipinski definition) is 1. The molecule has 0 bridgehead atoms. The van der Waals surface area contributed by atoms with Gasteiger partial charge < -0.3 is 5.73 Å². The van der Waals surface area contributed by atoms with Crippen LogP contribution in [0.2, 0.25) is 0 Å². The van der Waals surface area contributed by atoms with Crippen molar-refractivity contribution in [1.82, 2.24) is 0 Å². The molecule has 2 heterocycles. The summed E-state index contributed by atoms with van der Waals surface area (Å²) in [6, 6.07) is 0.282. The first-order valence-corrected chi connectivity index (χ1v) is 7.64. The summed E-state index contributed by atoms with van der Waals surface area (Å²) in [6.45, 7) is 0. The van der Waals surface area contributed by atoms with Gasteiger partial charge in [-0.05, 0) is 24.3 Å². The first-order valence-electron chi connectivity index (χ1n) is 5.69. The van der Waals surface area contributed by atoms with Crippen molar-refractivity contribution in [3.05, 3.63) is 22.7 Å². The zero-order valence-corrected chi connectivity index (χ0v) is 11.4. The number of halogens is 1. The Labute approximate surface area is 109 Å². The number of nitrogens with two attached hydrogens (primary N) is 1. The molecule has 2 aliphatic heterocycles. The third-order valence-electron chi connectivity index (χ3n) is 3.98. The molecule has 1 spiro atoms. The zero-order valence-electron chi connectivity index (χ0n) is 9.03. The Kier molecular flexibility index (Phi) is 2.67. The van der Waals surface area contributed by atoms with E-state index in [9.17, 15) is 0 Å². The van der Waals surface area contributed by atoms with Gasteiger partial charge in [0.05, 0.1) is 6.04 Å². The first-order chi connectivity index (χ1) is 7.72.